The topological polar surface area (TPSA) is 88.3 Å². The fourth-order valence-corrected chi connectivity index (χ4v) is 3.12. The number of carbonyl (C=O) groups excluding carboxylic acids is 1. The number of rotatable bonds is 5. The highest BCUT2D eigenvalue weighted by Crippen LogP contribution is 2.23. The summed E-state index contributed by atoms with van der Waals surface area (Å²) < 4.78 is 1.69. The minimum absolute atomic E-state index is 0.000472. The summed E-state index contributed by atoms with van der Waals surface area (Å²) in [5, 5.41) is 16.6. The molecule has 2 aromatic rings. The van der Waals surface area contributed by atoms with Crippen molar-refractivity contribution in [3.8, 4) is 0 Å². The van der Waals surface area contributed by atoms with Gasteiger partial charge < -0.3 is 10.0 Å². The number of aliphatic carboxylic acids is 1. The van der Waals surface area contributed by atoms with Crippen LogP contribution in [0.4, 0.5) is 0 Å². The third-order valence-electron chi connectivity index (χ3n) is 4.42. The Labute approximate surface area is 139 Å². The van der Waals surface area contributed by atoms with E-state index in [1.807, 2.05) is 29.2 Å². The van der Waals surface area contributed by atoms with E-state index in [1.54, 1.807) is 17.1 Å². The number of benzene rings is 1. The molecule has 7 heteroatoms. The third kappa shape index (κ3) is 3.79. The van der Waals surface area contributed by atoms with Gasteiger partial charge in [-0.05, 0) is 30.4 Å². The van der Waals surface area contributed by atoms with Gasteiger partial charge in [0.2, 0.25) is 0 Å². The number of hydrogen-bond acceptors (Lipinski definition) is 4. The van der Waals surface area contributed by atoms with Gasteiger partial charge in [0.05, 0.1) is 12.7 Å². The van der Waals surface area contributed by atoms with Crippen molar-refractivity contribution in [1.82, 2.24) is 19.9 Å². The molecule has 1 aromatic carbocycles. The van der Waals surface area contributed by atoms with Crippen LogP contribution in [-0.2, 0) is 11.3 Å². The van der Waals surface area contributed by atoms with E-state index in [4.69, 9.17) is 5.11 Å². The molecule has 1 N–H and O–H groups in total. The Morgan fingerprint density at radius 2 is 1.96 bits per heavy atom. The molecule has 3 rings (SSSR count). The first kappa shape index (κ1) is 16.2. The monoisotopic (exact) mass is 328 g/mol. The quantitative estimate of drug-likeness (QED) is 0.901. The summed E-state index contributed by atoms with van der Waals surface area (Å²) in [6.07, 6.45) is 5.04. The predicted octanol–water partition coefficient (Wildman–Crippen LogP) is 1.65. The van der Waals surface area contributed by atoms with Crippen molar-refractivity contribution in [1.29, 1.82) is 0 Å². The van der Waals surface area contributed by atoms with Crippen LogP contribution in [0, 0.1) is 5.92 Å². The summed E-state index contributed by atoms with van der Waals surface area (Å²) in [7, 11) is 0. The van der Waals surface area contributed by atoms with Crippen molar-refractivity contribution in [2.45, 2.75) is 25.8 Å². The number of nitrogens with zero attached hydrogens (tertiary/aromatic N) is 4. The lowest BCUT2D eigenvalue weighted by Crippen LogP contribution is -2.39. The molecule has 1 saturated heterocycles. The Balaban J connectivity index is 1.68. The van der Waals surface area contributed by atoms with Gasteiger partial charge in [0.25, 0.3) is 5.91 Å². The number of carbonyl (C=O) groups is 2. The fourth-order valence-electron chi connectivity index (χ4n) is 3.12. The maximum Gasteiger partial charge on any atom is 0.303 e. The van der Waals surface area contributed by atoms with Gasteiger partial charge >= 0.3 is 5.97 Å². The molecule has 7 nitrogen and oxygen atoms in total. The van der Waals surface area contributed by atoms with Gasteiger partial charge in [0.15, 0.2) is 0 Å². The Hall–Kier alpha value is -2.70. The van der Waals surface area contributed by atoms with E-state index < -0.39 is 5.97 Å². The lowest BCUT2D eigenvalue weighted by molar-refractivity contribution is -0.138. The molecule has 1 amide bonds. The third-order valence-corrected chi connectivity index (χ3v) is 4.42. The highest BCUT2D eigenvalue weighted by molar-refractivity contribution is 5.95. The average molecular weight is 328 g/mol. The van der Waals surface area contributed by atoms with Crippen molar-refractivity contribution in [3.05, 3.63) is 47.8 Å². The zero-order valence-electron chi connectivity index (χ0n) is 13.3. The molecule has 24 heavy (non-hydrogen) atoms. The van der Waals surface area contributed by atoms with Crippen LogP contribution in [0.5, 0.6) is 0 Å². The van der Waals surface area contributed by atoms with Crippen LogP contribution in [0.2, 0.25) is 0 Å². The first-order valence-electron chi connectivity index (χ1n) is 8.06. The molecular weight excluding hydrogens is 308 g/mol. The minimum Gasteiger partial charge on any atom is -0.481 e. The SMILES string of the molecule is O=C(O)CC1CCN(C(=O)c2ccccc2Cn2ccnn2)CC1. The van der Waals surface area contributed by atoms with E-state index in [-0.39, 0.29) is 18.2 Å². The maximum absolute atomic E-state index is 12.8. The molecule has 2 heterocycles. The molecule has 0 saturated carbocycles. The van der Waals surface area contributed by atoms with Crippen LogP contribution in [0.25, 0.3) is 0 Å². The van der Waals surface area contributed by atoms with Gasteiger partial charge in [-0.25, -0.2) is 4.68 Å². The van der Waals surface area contributed by atoms with E-state index in [1.165, 1.54) is 0 Å². The van der Waals surface area contributed by atoms with Crippen LogP contribution in [0.3, 0.4) is 0 Å². The van der Waals surface area contributed by atoms with Crippen LogP contribution in [0.1, 0.15) is 35.2 Å². The van der Waals surface area contributed by atoms with Gasteiger partial charge in [0.1, 0.15) is 0 Å². The van der Waals surface area contributed by atoms with Gasteiger partial charge in [0, 0.05) is 31.3 Å². The smallest absolute Gasteiger partial charge is 0.303 e. The maximum atomic E-state index is 12.8. The number of likely N-dealkylation sites (tertiary alicyclic amines) is 1. The molecule has 0 spiro atoms. The van der Waals surface area contributed by atoms with Crippen LogP contribution in [0.15, 0.2) is 36.7 Å². The Kier molecular flexibility index (Phi) is 4.88. The molecule has 126 valence electrons. The molecule has 1 aliphatic heterocycles. The number of carboxylic acid groups (broad SMARTS) is 1. The summed E-state index contributed by atoms with van der Waals surface area (Å²) in [4.78, 5) is 25.5. The zero-order valence-corrected chi connectivity index (χ0v) is 13.3. The summed E-state index contributed by atoms with van der Waals surface area (Å²) in [6, 6.07) is 7.52. The minimum atomic E-state index is -0.766. The summed E-state index contributed by atoms with van der Waals surface area (Å²) in [5.74, 6) is -0.602. The van der Waals surface area contributed by atoms with E-state index in [9.17, 15) is 9.59 Å². The molecule has 1 aliphatic rings. The first-order valence-corrected chi connectivity index (χ1v) is 8.06. The van der Waals surface area contributed by atoms with Crippen molar-refractivity contribution >= 4 is 11.9 Å². The van der Waals surface area contributed by atoms with Crippen molar-refractivity contribution in [2.24, 2.45) is 5.92 Å². The largest absolute Gasteiger partial charge is 0.481 e. The van der Waals surface area contributed by atoms with Crippen molar-refractivity contribution in [3.63, 3.8) is 0 Å². The Bertz CT molecular complexity index is 706. The second-order valence-corrected chi connectivity index (χ2v) is 6.09. The van der Waals surface area contributed by atoms with Gasteiger partial charge in [-0.3, -0.25) is 9.59 Å². The first-order chi connectivity index (χ1) is 11.6. The highest BCUT2D eigenvalue weighted by Gasteiger charge is 2.26. The lowest BCUT2D eigenvalue weighted by Gasteiger charge is -2.31. The molecule has 0 bridgehead atoms. The van der Waals surface area contributed by atoms with E-state index >= 15 is 0 Å². The van der Waals surface area contributed by atoms with E-state index in [2.05, 4.69) is 10.3 Å². The fraction of sp³-hybridized carbons (Fsp3) is 0.412. The molecule has 0 unspecified atom stereocenters. The number of carboxylic acids is 1. The van der Waals surface area contributed by atoms with E-state index in [0.29, 0.717) is 25.2 Å². The predicted molar refractivity (Wildman–Crippen MR) is 86.4 cm³/mol. The molecule has 0 radical (unpaired) electrons. The second kappa shape index (κ2) is 7.25. The average Bonchev–Trinajstić information content (AvgIpc) is 3.08. The Morgan fingerprint density at radius 1 is 1.21 bits per heavy atom. The molecule has 1 aromatic heterocycles. The Morgan fingerprint density at radius 3 is 2.62 bits per heavy atom. The zero-order chi connectivity index (χ0) is 16.9. The van der Waals surface area contributed by atoms with Crippen molar-refractivity contribution in [2.75, 3.05) is 13.1 Å². The number of amides is 1. The lowest BCUT2D eigenvalue weighted by atomic mass is 9.93. The van der Waals surface area contributed by atoms with Crippen LogP contribution in [-0.4, -0.2) is 50.0 Å². The summed E-state index contributed by atoms with van der Waals surface area (Å²) in [5.41, 5.74) is 1.57. The molecular formula is C17H20N4O3. The van der Waals surface area contributed by atoms with Crippen LogP contribution < -0.4 is 0 Å². The molecule has 1 fully saturated rings. The van der Waals surface area contributed by atoms with Gasteiger partial charge in [-0.1, -0.05) is 23.4 Å². The molecule has 0 atom stereocenters. The number of piperidine rings is 1. The normalized spacial score (nSPS) is 15.4. The van der Waals surface area contributed by atoms with Gasteiger partial charge in [-0.15, -0.1) is 5.10 Å². The highest BCUT2D eigenvalue weighted by atomic mass is 16.4. The summed E-state index contributed by atoms with van der Waals surface area (Å²) in [6.45, 7) is 1.71. The van der Waals surface area contributed by atoms with E-state index in [0.717, 1.165) is 18.4 Å². The van der Waals surface area contributed by atoms with Gasteiger partial charge in [-0.2, -0.15) is 0 Å². The summed E-state index contributed by atoms with van der Waals surface area (Å²) >= 11 is 0. The standard InChI is InChI=1S/C17H20N4O3/c22-16(23)11-13-5-8-20(9-6-13)17(24)15-4-2-1-3-14(15)12-21-10-7-18-19-21/h1-4,7,10,13H,5-6,8-9,11-12H2,(H,22,23). The van der Waals surface area contributed by atoms with Crippen molar-refractivity contribution < 1.29 is 14.7 Å². The second-order valence-electron chi connectivity index (χ2n) is 6.09. The van der Waals surface area contributed by atoms with Crippen LogP contribution >= 0.6 is 0 Å². The number of hydrogen-bond donors (Lipinski definition) is 1. The number of aromatic nitrogens is 3. The molecule has 0 aliphatic carbocycles.